The van der Waals surface area contributed by atoms with Crippen molar-refractivity contribution in [1.82, 2.24) is 9.55 Å². The molecule has 1 aromatic heterocycles. The predicted molar refractivity (Wildman–Crippen MR) is 176 cm³/mol. The zero-order chi connectivity index (χ0) is 29.0. The summed E-state index contributed by atoms with van der Waals surface area (Å²) in [5.41, 5.74) is 2.85. The first kappa shape index (κ1) is 25.7. The Morgan fingerprint density at radius 3 is 1.56 bits per heavy atom. The van der Waals surface area contributed by atoms with Crippen molar-refractivity contribution < 1.29 is 8.42 Å². The first-order chi connectivity index (χ1) is 21.1. The Labute approximate surface area is 251 Å². The van der Waals surface area contributed by atoms with Crippen LogP contribution in [0.5, 0.6) is 0 Å². The SMILES string of the molecule is O=S1(=O)c2ccccc2-n2c(-c3ccc([Si](c4ccccc4)(c4ccccc4)c4ccccc4)cc3)nc3cccc1c32. The average molecular weight is 591 g/mol. The molecule has 8 rings (SSSR count). The number of para-hydroxylation sites is 2. The minimum Gasteiger partial charge on any atom is -0.290 e. The van der Waals surface area contributed by atoms with E-state index < -0.39 is 17.9 Å². The number of fused-ring (bicyclic) bond motifs is 2. The van der Waals surface area contributed by atoms with Gasteiger partial charge in [0, 0.05) is 5.56 Å². The molecular weight excluding hydrogens is 565 g/mol. The summed E-state index contributed by atoms with van der Waals surface area (Å²) < 4.78 is 29.1. The number of rotatable bonds is 5. The first-order valence-corrected chi connectivity index (χ1v) is 17.7. The molecule has 0 radical (unpaired) electrons. The molecule has 0 saturated carbocycles. The highest BCUT2D eigenvalue weighted by Crippen LogP contribution is 2.41. The van der Waals surface area contributed by atoms with Gasteiger partial charge in [0.25, 0.3) is 0 Å². The second kappa shape index (κ2) is 9.76. The second-order valence-electron chi connectivity index (χ2n) is 10.8. The van der Waals surface area contributed by atoms with Gasteiger partial charge in [-0.25, -0.2) is 13.4 Å². The zero-order valence-electron chi connectivity index (χ0n) is 23.1. The summed E-state index contributed by atoms with van der Waals surface area (Å²) in [6.07, 6.45) is 0. The maximum absolute atomic E-state index is 13.6. The van der Waals surface area contributed by atoms with Crippen molar-refractivity contribution in [2.45, 2.75) is 9.79 Å². The molecule has 1 aliphatic heterocycles. The lowest BCUT2D eigenvalue weighted by Crippen LogP contribution is -2.74. The van der Waals surface area contributed by atoms with Gasteiger partial charge in [-0.2, -0.15) is 0 Å². The van der Waals surface area contributed by atoms with Gasteiger partial charge in [-0.05, 0) is 45.0 Å². The van der Waals surface area contributed by atoms with Crippen LogP contribution in [0.25, 0.3) is 28.1 Å². The van der Waals surface area contributed by atoms with Crippen LogP contribution in [0, 0.1) is 0 Å². The quantitative estimate of drug-likeness (QED) is 0.204. The second-order valence-corrected chi connectivity index (χ2v) is 16.5. The van der Waals surface area contributed by atoms with E-state index in [1.807, 2.05) is 22.8 Å². The Morgan fingerprint density at radius 1 is 0.488 bits per heavy atom. The van der Waals surface area contributed by atoms with Gasteiger partial charge in [0.15, 0.2) is 8.07 Å². The summed E-state index contributed by atoms with van der Waals surface area (Å²) in [4.78, 5) is 5.59. The van der Waals surface area contributed by atoms with E-state index in [1.54, 1.807) is 24.3 Å². The maximum Gasteiger partial charge on any atom is 0.210 e. The third-order valence-corrected chi connectivity index (χ3v) is 15.2. The monoisotopic (exact) mass is 590 g/mol. The van der Waals surface area contributed by atoms with Crippen molar-refractivity contribution in [3.05, 3.63) is 158 Å². The fourth-order valence-electron chi connectivity index (χ4n) is 6.66. The summed E-state index contributed by atoms with van der Waals surface area (Å²) >= 11 is 0. The number of sulfone groups is 1. The van der Waals surface area contributed by atoms with E-state index in [4.69, 9.17) is 4.98 Å². The third-order valence-electron chi connectivity index (χ3n) is 8.52. The van der Waals surface area contributed by atoms with Crippen molar-refractivity contribution >= 4 is 49.7 Å². The Morgan fingerprint density at radius 2 is 0.977 bits per heavy atom. The first-order valence-electron chi connectivity index (χ1n) is 14.2. The summed E-state index contributed by atoms with van der Waals surface area (Å²) in [7, 11) is -6.31. The molecular formula is C37H26N2O2SSi. The highest BCUT2D eigenvalue weighted by Gasteiger charge is 2.41. The van der Waals surface area contributed by atoms with Crippen molar-refractivity contribution in [2.24, 2.45) is 0 Å². The molecule has 0 saturated heterocycles. The Bertz CT molecular complexity index is 2130. The fourth-order valence-corrected chi connectivity index (χ4v) is 13.0. The number of hydrogen-bond donors (Lipinski definition) is 0. The van der Waals surface area contributed by atoms with Gasteiger partial charge in [-0.1, -0.05) is 133 Å². The smallest absolute Gasteiger partial charge is 0.210 e. The lowest BCUT2D eigenvalue weighted by Gasteiger charge is -2.34. The lowest BCUT2D eigenvalue weighted by molar-refractivity contribution is 0.594. The van der Waals surface area contributed by atoms with Crippen LogP contribution in [-0.2, 0) is 9.84 Å². The van der Waals surface area contributed by atoms with Gasteiger partial charge in [-0.3, -0.25) is 4.57 Å². The van der Waals surface area contributed by atoms with E-state index in [0.29, 0.717) is 26.5 Å². The Balaban J connectivity index is 1.38. The number of imidazole rings is 1. The Kier molecular flexibility index (Phi) is 5.82. The largest absolute Gasteiger partial charge is 0.290 e. The summed E-state index contributed by atoms with van der Waals surface area (Å²) in [6.45, 7) is 0. The van der Waals surface area contributed by atoms with Gasteiger partial charge < -0.3 is 0 Å². The third kappa shape index (κ3) is 3.74. The minimum atomic E-state index is -3.65. The van der Waals surface area contributed by atoms with Gasteiger partial charge >= 0.3 is 0 Å². The molecule has 1 aliphatic rings. The van der Waals surface area contributed by atoms with Crippen LogP contribution in [0.4, 0.5) is 0 Å². The molecule has 0 unspecified atom stereocenters. The van der Waals surface area contributed by atoms with Crippen molar-refractivity contribution in [3.63, 3.8) is 0 Å². The molecule has 43 heavy (non-hydrogen) atoms. The molecule has 0 spiro atoms. The molecule has 6 aromatic carbocycles. The molecule has 0 N–H and O–H groups in total. The predicted octanol–water partition coefficient (Wildman–Crippen LogP) is 5.22. The fraction of sp³-hybridized carbons (Fsp3) is 0. The molecule has 7 aromatic rings. The number of nitrogens with zero attached hydrogens (tertiary/aromatic N) is 2. The van der Waals surface area contributed by atoms with Crippen molar-refractivity contribution in [3.8, 4) is 17.1 Å². The van der Waals surface area contributed by atoms with Gasteiger partial charge in [0.2, 0.25) is 9.84 Å². The molecule has 0 fully saturated rings. The molecule has 2 heterocycles. The standard InChI is InChI=1S/C37H26N2O2SSi/c40-42(41)34-21-11-10-20-33(34)39-36-32(19-12-22-35(36)42)38-37(39)27-23-25-31(26-24-27)43(28-13-4-1-5-14-28,29-15-6-2-7-16-29)30-17-8-3-9-18-30/h1-26H. The Hall–Kier alpha value is -5.04. The summed E-state index contributed by atoms with van der Waals surface area (Å²) in [5, 5.41) is 5.19. The lowest BCUT2D eigenvalue weighted by atomic mass is 10.2. The summed E-state index contributed by atoms with van der Waals surface area (Å²) in [5.74, 6) is 0.725. The van der Waals surface area contributed by atoms with E-state index in [2.05, 4.69) is 115 Å². The van der Waals surface area contributed by atoms with E-state index in [9.17, 15) is 8.42 Å². The molecule has 4 nitrogen and oxygen atoms in total. The van der Waals surface area contributed by atoms with Crippen LogP contribution < -0.4 is 20.7 Å². The van der Waals surface area contributed by atoms with Crippen LogP contribution in [0.1, 0.15) is 0 Å². The molecule has 0 amide bonds. The van der Waals surface area contributed by atoms with Crippen LogP contribution >= 0.6 is 0 Å². The van der Waals surface area contributed by atoms with Gasteiger partial charge in [-0.15, -0.1) is 0 Å². The van der Waals surface area contributed by atoms with Crippen LogP contribution in [0.3, 0.4) is 0 Å². The number of benzene rings is 6. The van der Waals surface area contributed by atoms with Gasteiger partial charge in [0.05, 0.1) is 26.5 Å². The number of hydrogen-bond acceptors (Lipinski definition) is 3. The minimum absolute atomic E-state index is 0.294. The van der Waals surface area contributed by atoms with Crippen LogP contribution in [0.15, 0.2) is 168 Å². The maximum atomic E-state index is 13.6. The van der Waals surface area contributed by atoms with Crippen LogP contribution in [-0.4, -0.2) is 26.0 Å². The summed E-state index contributed by atoms with van der Waals surface area (Å²) in [6, 6.07) is 53.8. The highest BCUT2D eigenvalue weighted by atomic mass is 32.2. The molecule has 206 valence electrons. The zero-order valence-corrected chi connectivity index (χ0v) is 24.9. The topological polar surface area (TPSA) is 52.0 Å². The molecule has 0 aliphatic carbocycles. The normalized spacial score (nSPS) is 13.5. The van der Waals surface area contributed by atoms with Crippen molar-refractivity contribution in [1.29, 1.82) is 0 Å². The number of aromatic nitrogens is 2. The van der Waals surface area contributed by atoms with E-state index >= 15 is 0 Å². The molecule has 0 atom stereocenters. The van der Waals surface area contributed by atoms with E-state index in [-0.39, 0.29) is 0 Å². The van der Waals surface area contributed by atoms with E-state index in [1.165, 1.54) is 20.7 Å². The van der Waals surface area contributed by atoms with Gasteiger partial charge in [0.1, 0.15) is 5.82 Å². The molecule has 0 bridgehead atoms. The van der Waals surface area contributed by atoms with Crippen LogP contribution in [0.2, 0.25) is 0 Å². The average Bonchev–Trinajstić information content (AvgIpc) is 3.46. The molecule has 6 heteroatoms. The van der Waals surface area contributed by atoms with Crippen molar-refractivity contribution in [2.75, 3.05) is 0 Å². The highest BCUT2D eigenvalue weighted by molar-refractivity contribution is 7.92. The van der Waals surface area contributed by atoms with E-state index in [0.717, 1.165) is 11.4 Å².